The molecule has 168 valence electrons. The zero-order valence-corrected chi connectivity index (χ0v) is 19.2. The molecule has 2 heterocycles. The lowest BCUT2D eigenvalue weighted by Crippen LogP contribution is -2.38. The lowest BCUT2D eigenvalue weighted by atomic mass is 10.1. The third-order valence-electron chi connectivity index (χ3n) is 5.40. The van der Waals surface area contributed by atoms with Gasteiger partial charge in [0.25, 0.3) is 5.91 Å². The van der Waals surface area contributed by atoms with E-state index in [0.717, 1.165) is 30.3 Å². The zero-order chi connectivity index (χ0) is 22.5. The van der Waals surface area contributed by atoms with Crippen LogP contribution in [-0.2, 0) is 18.0 Å². The van der Waals surface area contributed by atoms with E-state index in [1.807, 2.05) is 70.9 Å². The summed E-state index contributed by atoms with van der Waals surface area (Å²) in [6, 6.07) is 17.7. The minimum Gasteiger partial charge on any atom is -0.378 e. The summed E-state index contributed by atoms with van der Waals surface area (Å²) < 4.78 is 10.1. The zero-order valence-electron chi connectivity index (χ0n) is 18.4. The highest BCUT2D eigenvalue weighted by atomic mass is 32.1. The van der Waals surface area contributed by atoms with E-state index in [9.17, 15) is 4.79 Å². The van der Waals surface area contributed by atoms with Crippen molar-refractivity contribution < 1.29 is 9.53 Å². The third-order valence-corrected chi connectivity index (χ3v) is 5.79. The average Bonchev–Trinajstić information content (AvgIpc) is 3.15. The van der Waals surface area contributed by atoms with Crippen LogP contribution in [0.15, 0.2) is 54.6 Å². The highest BCUT2D eigenvalue weighted by Gasteiger charge is 2.21. The van der Waals surface area contributed by atoms with Crippen molar-refractivity contribution in [2.45, 2.75) is 13.2 Å². The van der Waals surface area contributed by atoms with Gasteiger partial charge in [-0.05, 0) is 49.1 Å². The lowest BCUT2D eigenvalue weighted by Gasteiger charge is -2.27. The number of ether oxygens (including phenoxy) is 1. The monoisotopic (exact) mass is 452 g/mol. The van der Waals surface area contributed by atoms with Gasteiger partial charge in [0.15, 0.2) is 0 Å². The summed E-state index contributed by atoms with van der Waals surface area (Å²) in [5.74, 6) is 0.756. The van der Waals surface area contributed by atoms with Crippen LogP contribution in [0.4, 0.5) is 5.95 Å². The Morgan fingerprint density at radius 2 is 1.81 bits per heavy atom. The minimum absolute atomic E-state index is 0.0849. The van der Waals surface area contributed by atoms with Gasteiger partial charge in [0, 0.05) is 32.2 Å². The van der Waals surface area contributed by atoms with E-state index in [-0.39, 0.29) is 5.91 Å². The SMILES string of the molecule is CNC(=O)c1ccc(CN(C)Cn2nc(N3CCOCC3)n(-c3ccccc3)c2=S)cc1. The molecule has 0 atom stereocenters. The Hall–Kier alpha value is -3.01. The van der Waals surface area contributed by atoms with Crippen LogP contribution in [0, 0.1) is 4.77 Å². The topological polar surface area (TPSA) is 67.6 Å². The maximum absolute atomic E-state index is 11.7. The first-order valence-corrected chi connectivity index (χ1v) is 11.0. The van der Waals surface area contributed by atoms with Crippen LogP contribution in [0.3, 0.4) is 0 Å². The summed E-state index contributed by atoms with van der Waals surface area (Å²) in [5.41, 5.74) is 2.76. The predicted molar refractivity (Wildman–Crippen MR) is 127 cm³/mol. The number of anilines is 1. The quantitative estimate of drug-likeness (QED) is 0.556. The van der Waals surface area contributed by atoms with Gasteiger partial charge in [0.05, 0.1) is 25.6 Å². The molecule has 1 aliphatic heterocycles. The first kappa shape index (κ1) is 22.2. The van der Waals surface area contributed by atoms with Crippen molar-refractivity contribution >= 4 is 24.1 Å². The van der Waals surface area contributed by atoms with E-state index >= 15 is 0 Å². The van der Waals surface area contributed by atoms with Gasteiger partial charge in [-0.25, -0.2) is 4.68 Å². The second kappa shape index (κ2) is 10.1. The molecule has 1 amide bonds. The van der Waals surface area contributed by atoms with Crippen LogP contribution in [0.5, 0.6) is 0 Å². The van der Waals surface area contributed by atoms with Crippen LogP contribution >= 0.6 is 12.2 Å². The second-order valence-electron chi connectivity index (χ2n) is 7.78. The molecule has 0 radical (unpaired) electrons. The molecule has 8 nitrogen and oxygen atoms in total. The van der Waals surface area contributed by atoms with Gasteiger partial charge in [-0.15, -0.1) is 5.10 Å². The molecule has 9 heteroatoms. The molecule has 1 aromatic heterocycles. The summed E-state index contributed by atoms with van der Waals surface area (Å²) in [6.07, 6.45) is 0. The van der Waals surface area contributed by atoms with Crippen LogP contribution in [-0.4, -0.2) is 65.6 Å². The number of nitrogens with zero attached hydrogens (tertiary/aromatic N) is 5. The summed E-state index contributed by atoms with van der Waals surface area (Å²) >= 11 is 5.84. The Morgan fingerprint density at radius 3 is 2.47 bits per heavy atom. The number of rotatable bonds is 7. The molecule has 0 aliphatic carbocycles. The first-order valence-electron chi connectivity index (χ1n) is 10.6. The molecule has 1 aliphatic rings. The first-order chi connectivity index (χ1) is 15.6. The fourth-order valence-electron chi connectivity index (χ4n) is 3.76. The number of nitrogens with one attached hydrogen (secondary N) is 1. The normalized spacial score (nSPS) is 14.0. The Balaban J connectivity index is 1.56. The van der Waals surface area contributed by atoms with Crippen molar-refractivity contribution in [1.82, 2.24) is 24.6 Å². The number of morpholine rings is 1. The molecule has 0 unspecified atom stereocenters. The van der Waals surface area contributed by atoms with Gasteiger partial charge in [0.1, 0.15) is 0 Å². The van der Waals surface area contributed by atoms with Crippen molar-refractivity contribution in [3.8, 4) is 5.69 Å². The minimum atomic E-state index is -0.0849. The molecule has 0 spiro atoms. The van der Waals surface area contributed by atoms with E-state index in [0.29, 0.717) is 36.8 Å². The van der Waals surface area contributed by atoms with E-state index in [2.05, 4.69) is 15.1 Å². The molecular formula is C23H28N6O2S. The van der Waals surface area contributed by atoms with Crippen molar-refractivity contribution in [3.05, 3.63) is 70.5 Å². The number of benzene rings is 2. The van der Waals surface area contributed by atoms with Crippen molar-refractivity contribution in [2.24, 2.45) is 0 Å². The third kappa shape index (κ3) is 4.90. The number of hydrogen-bond acceptors (Lipinski definition) is 6. The van der Waals surface area contributed by atoms with Crippen molar-refractivity contribution in [2.75, 3.05) is 45.3 Å². The van der Waals surface area contributed by atoms with Gasteiger partial charge in [0.2, 0.25) is 10.7 Å². The Bertz CT molecular complexity index is 1100. The highest BCUT2D eigenvalue weighted by molar-refractivity contribution is 7.71. The summed E-state index contributed by atoms with van der Waals surface area (Å²) in [7, 11) is 3.66. The molecule has 0 saturated carbocycles. The Labute approximate surface area is 193 Å². The van der Waals surface area contributed by atoms with Gasteiger partial charge >= 0.3 is 0 Å². The van der Waals surface area contributed by atoms with Crippen LogP contribution < -0.4 is 10.2 Å². The molecule has 2 aromatic carbocycles. The molecule has 1 fully saturated rings. The molecule has 4 rings (SSSR count). The predicted octanol–water partition coefficient (Wildman–Crippen LogP) is 2.69. The Kier molecular flexibility index (Phi) is 6.99. The number of carbonyl (C=O) groups is 1. The number of carbonyl (C=O) groups excluding carboxylic acids is 1. The molecule has 0 bridgehead atoms. The van der Waals surface area contributed by atoms with Crippen LogP contribution in [0.25, 0.3) is 5.69 Å². The maximum Gasteiger partial charge on any atom is 0.251 e. The Morgan fingerprint density at radius 1 is 1.12 bits per heavy atom. The largest absolute Gasteiger partial charge is 0.378 e. The van der Waals surface area contributed by atoms with Gasteiger partial charge < -0.3 is 15.0 Å². The second-order valence-corrected chi connectivity index (χ2v) is 8.15. The fourth-order valence-corrected chi connectivity index (χ4v) is 4.04. The standard InChI is InChI=1S/C23H28N6O2S/c1-24-21(30)19-10-8-18(9-11-19)16-26(2)17-28-23(32)29(20-6-4-3-5-7-20)22(25-28)27-12-14-31-15-13-27/h3-11H,12-17H2,1-2H3,(H,24,30). The van der Waals surface area contributed by atoms with Gasteiger partial charge in [-0.3, -0.25) is 14.3 Å². The van der Waals surface area contributed by atoms with Crippen molar-refractivity contribution in [1.29, 1.82) is 0 Å². The maximum atomic E-state index is 11.7. The summed E-state index contributed by atoms with van der Waals surface area (Å²) in [6.45, 7) is 4.19. The molecular weight excluding hydrogens is 424 g/mol. The highest BCUT2D eigenvalue weighted by Crippen LogP contribution is 2.21. The fraction of sp³-hybridized carbons (Fsp3) is 0.348. The molecule has 32 heavy (non-hydrogen) atoms. The van der Waals surface area contributed by atoms with Crippen molar-refractivity contribution in [3.63, 3.8) is 0 Å². The average molecular weight is 453 g/mol. The van der Waals surface area contributed by atoms with E-state index < -0.39 is 0 Å². The molecule has 1 saturated heterocycles. The van der Waals surface area contributed by atoms with Crippen LogP contribution in [0.2, 0.25) is 0 Å². The van der Waals surface area contributed by atoms with Gasteiger partial charge in [-0.1, -0.05) is 30.3 Å². The van der Waals surface area contributed by atoms with E-state index in [1.165, 1.54) is 0 Å². The number of amides is 1. The van der Waals surface area contributed by atoms with Gasteiger partial charge in [-0.2, -0.15) is 0 Å². The van der Waals surface area contributed by atoms with E-state index in [4.69, 9.17) is 22.1 Å². The summed E-state index contributed by atoms with van der Waals surface area (Å²) in [5, 5.41) is 7.53. The lowest BCUT2D eigenvalue weighted by molar-refractivity contribution is 0.0963. The number of para-hydroxylation sites is 1. The smallest absolute Gasteiger partial charge is 0.251 e. The number of aromatic nitrogens is 3. The molecule has 3 aromatic rings. The van der Waals surface area contributed by atoms with E-state index in [1.54, 1.807) is 7.05 Å². The number of hydrogen-bond donors (Lipinski definition) is 1. The van der Waals surface area contributed by atoms with Crippen LogP contribution in [0.1, 0.15) is 15.9 Å². The summed E-state index contributed by atoms with van der Waals surface area (Å²) in [4.78, 5) is 16.1. The molecule has 1 N–H and O–H groups in total.